The lowest BCUT2D eigenvalue weighted by molar-refractivity contribution is 0.414. The first kappa shape index (κ1) is 15.0. The third-order valence-electron chi connectivity index (χ3n) is 4.57. The molecule has 1 aliphatic heterocycles. The molecule has 1 atom stereocenters. The molecule has 22 heavy (non-hydrogen) atoms. The largest absolute Gasteiger partial charge is 0.497 e. The molecule has 0 N–H and O–H groups in total. The Hall–Kier alpha value is -1.96. The van der Waals surface area contributed by atoms with E-state index in [1.165, 1.54) is 41.8 Å². The van der Waals surface area contributed by atoms with Gasteiger partial charge in [0.1, 0.15) is 5.75 Å². The van der Waals surface area contributed by atoms with Crippen LogP contribution in [0.2, 0.25) is 0 Å². The quantitative estimate of drug-likeness (QED) is 0.746. The molecule has 1 unspecified atom stereocenters. The molecule has 0 bridgehead atoms. The average Bonchev–Trinajstić information content (AvgIpc) is 2.91. The van der Waals surface area contributed by atoms with Crippen molar-refractivity contribution in [3.05, 3.63) is 53.6 Å². The smallest absolute Gasteiger partial charge is 0.119 e. The normalized spacial score (nSPS) is 16.7. The number of hydrogen-bond donors (Lipinski definition) is 0. The number of benzene rings is 2. The Balaban J connectivity index is 1.97. The van der Waals surface area contributed by atoms with Gasteiger partial charge in [-0.1, -0.05) is 37.5 Å². The SMILES string of the molecule is CCCCC1Cc2cc(OC)ccc2N1c1ccc(C)cc1. The molecule has 2 nitrogen and oxygen atoms in total. The van der Waals surface area contributed by atoms with Crippen LogP contribution in [0.15, 0.2) is 42.5 Å². The fourth-order valence-electron chi connectivity index (χ4n) is 3.36. The number of hydrogen-bond acceptors (Lipinski definition) is 2. The molecular weight excluding hydrogens is 270 g/mol. The van der Waals surface area contributed by atoms with Gasteiger partial charge in [0.2, 0.25) is 0 Å². The molecule has 0 saturated heterocycles. The van der Waals surface area contributed by atoms with Crippen molar-refractivity contribution >= 4 is 11.4 Å². The molecule has 1 heterocycles. The van der Waals surface area contributed by atoms with Crippen LogP contribution in [0.3, 0.4) is 0 Å². The van der Waals surface area contributed by atoms with Crippen molar-refractivity contribution < 1.29 is 4.74 Å². The molecule has 0 spiro atoms. The zero-order chi connectivity index (χ0) is 15.5. The third-order valence-corrected chi connectivity index (χ3v) is 4.57. The van der Waals surface area contributed by atoms with Crippen molar-refractivity contribution in [1.82, 2.24) is 0 Å². The van der Waals surface area contributed by atoms with Crippen LogP contribution in [0.1, 0.15) is 37.3 Å². The van der Waals surface area contributed by atoms with Crippen molar-refractivity contribution in [2.24, 2.45) is 0 Å². The second-order valence-electron chi connectivity index (χ2n) is 6.20. The van der Waals surface area contributed by atoms with Crippen LogP contribution in [0.25, 0.3) is 0 Å². The summed E-state index contributed by atoms with van der Waals surface area (Å²) in [6, 6.07) is 15.9. The fraction of sp³-hybridized carbons (Fsp3) is 0.400. The minimum absolute atomic E-state index is 0.560. The number of fused-ring (bicyclic) bond motifs is 1. The van der Waals surface area contributed by atoms with E-state index in [0.717, 1.165) is 12.2 Å². The monoisotopic (exact) mass is 295 g/mol. The number of anilines is 2. The second kappa shape index (κ2) is 6.43. The zero-order valence-corrected chi connectivity index (χ0v) is 13.8. The Kier molecular flexibility index (Phi) is 4.37. The average molecular weight is 295 g/mol. The summed E-state index contributed by atoms with van der Waals surface area (Å²) in [6.45, 7) is 4.41. The van der Waals surface area contributed by atoms with E-state index in [-0.39, 0.29) is 0 Å². The number of unbranched alkanes of at least 4 members (excludes halogenated alkanes) is 1. The molecule has 2 heteroatoms. The Morgan fingerprint density at radius 1 is 1.14 bits per heavy atom. The lowest BCUT2D eigenvalue weighted by Gasteiger charge is -2.28. The van der Waals surface area contributed by atoms with E-state index in [0.29, 0.717) is 6.04 Å². The number of methoxy groups -OCH3 is 1. The number of aryl methyl sites for hydroxylation is 1. The Morgan fingerprint density at radius 3 is 2.59 bits per heavy atom. The molecule has 1 aliphatic rings. The van der Waals surface area contributed by atoms with Crippen molar-refractivity contribution in [2.75, 3.05) is 12.0 Å². The maximum absolute atomic E-state index is 5.39. The molecule has 2 aromatic carbocycles. The molecular formula is C20H25NO. The van der Waals surface area contributed by atoms with Gasteiger partial charge in [-0.15, -0.1) is 0 Å². The van der Waals surface area contributed by atoms with Gasteiger partial charge in [-0.25, -0.2) is 0 Å². The van der Waals surface area contributed by atoms with Crippen molar-refractivity contribution in [2.45, 2.75) is 45.6 Å². The van der Waals surface area contributed by atoms with Gasteiger partial charge in [-0.3, -0.25) is 0 Å². The highest BCUT2D eigenvalue weighted by Crippen LogP contribution is 2.41. The van der Waals surface area contributed by atoms with E-state index in [1.54, 1.807) is 7.11 Å². The Morgan fingerprint density at radius 2 is 1.91 bits per heavy atom. The zero-order valence-electron chi connectivity index (χ0n) is 13.8. The molecule has 0 aliphatic carbocycles. The Labute approximate surface area is 133 Å². The maximum Gasteiger partial charge on any atom is 0.119 e. The summed E-state index contributed by atoms with van der Waals surface area (Å²) in [5, 5.41) is 0. The van der Waals surface area contributed by atoms with E-state index in [9.17, 15) is 0 Å². The van der Waals surface area contributed by atoms with E-state index in [4.69, 9.17) is 4.74 Å². The number of rotatable bonds is 5. The number of ether oxygens (including phenoxy) is 1. The van der Waals surface area contributed by atoms with Gasteiger partial charge in [0.25, 0.3) is 0 Å². The van der Waals surface area contributed by atoms with Gasteiger partial charge in [0.05, 0.1) is 7.11 Å². The summed E-state index contributed by atoms with van der Waals surface area (Å²) >= 11 is 0. The first-order chi connectivity index (χ1) is 10.7. The van der Waals surface area contributed by atoms with Crippen LogP contribution in [-0.4, -0.2) is 13.2 Å². The Bertz CT molecular complexity index is 633. The summed E-state index contributed by atoms with van der Waals surface area (Å²) < 4.78 is 5.39. The maximum atomic E-state index is 5.39. The first-order valence-corrected chi connectivity index (χ1v) is 8.25. The van der Waals surface area contributed by atoms with Crippen LogP contribution in [0.4, 0.5) is 11.4 Å². The van der Waals surface area contributed by atoms with Gasteiger partial charge in [-0.2, -0.15) is 0 Å². The highest BCUT2D eigenvalue weighted by molar-refractivity contribution is 5.72. The van der Waals surface area contributed by atoms with Crippen LogP contribution in [-0.2, 0) is 6.42 Å². The van der Waals surface area contributed by atoms with Crippen molar-refractivity contribution in [3.8, 4) is 5.75 Å². The van der Waals surface area contributed by atoms with Crippen molar-refractivity contribution in [3.63, 3.8) is 0 Å². The van der Waals surface area contributed by atoms with Crippen LogP contribution >= 0.6 is 0 Å². The summed E-state index contributed by atoms with van der Waals surface area (Å²) in [6.07, 6.45) is 4.87. The van der Waals surface area contributed by atoms with E-state index < -0.39 is 0 Å². The summed E-state index contributed by atoms with van der Waals surface area (Å²) in [7, 11) is 1.74. The molecule has 3 rings (SSSR count). The molecule has 116 valence electrons. The van der Waals surface area contributed by atoms with E-state index in [1.807, 2.05) is 0 Å². The second-order valence-corrected chi connectivity index (χ2v) is 6.20. The van der Waals surface area contributed by atoms with E-state index >= 15 is 0 Å². The van der Waals surface area contributed by atoms with Gasteiger partial charge >= 0.3 is 0 Å². The lowest BCUT2D eigenvalue weighted by Crippen LogP contribution is -2.27. The van der Waals surface area contributed by atoms with Crippen LogP contribution in [0, 0.1) is 6.92 Å². The molecule has 0 aromatic heterocycles. The summed E-state index contributed by atoms with van der Waals surface area (Å²) in [4.78, 5) is 2.52. The van der Waals surface area contributed by atoms with Gasteiger partial charge in [0, 0.05) is 17.4 Å². The minimum atomic E-state index is 0.560. The molecule has 0 radical (unpaired) electrons. The van der Waals surface area contributed by atoms with Gasteiger partial charge in [0.15, 0.2) is 0 Å². The molecule has 0 amide bonds. The highest BCUT2D eigenvalue weighted by atomic mass is 16.5. The number of nitrogens with zero attached hydrogens (tertiary/aromatic N) is 1. The molecule has 0 fully saturated rings. The van der Waals surface area contributed by atoms with Crippen molar-refractivity contribution in [1.29, 1.82) is 0 Å². The predicted molar refractivity (Wildman–Crippen MR) is 93.3 cm³/mol. The minimum Gasteiger partial charge on any atom is -0.497 e. The van der Waals surface area contributed by atoms with Crippen LogP contribution in [0.5, 0.6) is 5.75 Å². The van der Waals surface area contributed by atoms with E-state index in [2.05, 4.69) is 61.2 Å². The van der Waals surface area contributed by atoms with Gasteiger partial charge in [-0.05, 0) is 55.7 Å². The standard InChI is InChI=1S/C20H25NO/c1-4-5-6-18-13-16-14-19(22-3)11-12-20(16)21(18)17-9-7-15(2)8-10-17/h7-12,14,18H,4-6,13H2,1-3H3. The summed E-state index contributed by atoms with van der Waals surface area (Å²) in [5.41, 5.74) is 5.35. The molecule has 0 saturated carbocycles. The predicted octanol–water partition coefficient (Wildman–Crippen LogP) is 5.26. The summed E-state index contributed by atoms with van der Waals surface area (Å²) in [5.74, 6) is 0.957. The van der Waals surface area contributed by atoms with Crippen LogP contribution < -0.4 is 9.64 Å². The highest BCUT2D eigenvalue weighted by Gasteiger charge is 2.30. The first-order valence-electron chi connectivity index (χ1n) is 8.25. The third kappa shape index (κ3) is 2.83. The molecule has 2 aromatic rings. The lowest BCUT2D eigenvalue weighted by atomic mass is 10.0. The van der Waals surface area contributed by atoms with Gasteiger partial charge < -0.3 is 9.64 Å². The topological polar surface area (TPSA) is 12.5 Å². The fourth-order valence-corrected chi connectivity index (χ4v) is 3.36.